The Balaban J connectivity index is 2.06. The molecule has 0 aliphatic carbocycles. The number of hydrogen-bond acceptors (Lipinski definition) is 4. The number of amides is 2. The number of nitrogens with one attached hydrogen (secondary N) is 1. The molecule has 0 aliphatic rings. The number of anilines is 1. The predicted octanol–water partition coefficient (Wildman–Crippen LogP) is 5.79. The summed E-state index contributed by atoms with van der Waals surface area (Å²) in [5.74, 6) is -0.810. The summed E-state index contributed by atoms with van der Waals surface area (Å²) in [7, 11) is -4.12. The van der Waals surface area contributed by atoms with Crippen molar-refractivity contribution in [1.82, 2.24) is 10.2 Å². The lowest BCUT2D eigenvalue weighted by atomic mass is 10.1. The Morgan fingerprint density at radius 2 is 1.50 bits per heavy atom. The normalized spacial score (nSPS) is 12.9. The SMILES string of the molecule is CC[C@H](C)NC(=O)[C@H](C)N(Cc1ccc(Cl)cc1)C(=O)CN(c1cc(C)ccc1C)S(=O)(=O)c1ccc(C)cc1. The molecule has 0 saturated heterocycles. The Hall–Kier alpha value is -3.36. The molecule has 0 radical (unpaired) electrons. The van der Waals surface area contributed by atoms with Crippen LogP contribution in [0.3, 0.4) is 0 Å². The second kappa shape index (κ2) is 13.3. The fourth-order valence-electron chi connectivity index (χ4n) is 4.17. The average Bonchev–Trinajstić information content (AvgIpc) is 2.92. The molecule has 0 unspecified atom stereocenters. The Labute approximate surface area is 243 Å². The molecule has 0 aliphatic heterocycles. The molecular weight excluding hydrogens is 546 g/mol. The van der Waals surface area contributed by atoms with Gasteiger partial charge in [0.1, 0.15) is 12.6 Å². The zero-order chi connectivity index (χ0) is 29.6. The van der Waals surface area contributed by atoms with Crippen molar-refractivity contribution in [3.05, 3.63) is 94.0 Å². The van der Waals surface area contributed by atoms with Crippen molar-refractivity contribution in [2.75, 3.05) is 10.8 Å². The molecule has 2 amide bonds. The summed E-state index contributed by atoms with van der Waals surface area (Å²) >= 11 is 6.06. The van der Waals surface area contributed by atoms with Gasteiger partial charge < -0.3 is 10.2 Å². The molecule has 214 valence electrons. The highest BCUT2D eigenvalue weighted by molar-refractivity contribution is 7.92. The lowest BCUT2D eigenvalue weighted by Gasteiger charge is -2.33. The van der Waals surface area contributed by atoms with Crippen molar-refractivity contribution in [3.8, 4) is 0 Å². The minimum atomic E-state index is -4.12. The number of benzene rings is 3. The summed E-state index contributed by atoms with van der Waals surface area (Å²) in [6.07, 6.45) is 0.735. The van der Waals surface area contributed by atoms with Gasteiger partial charge in [0.2, 0.25) is 11.8 Å². The quantitative estimate of drug-likeness (QED) is 0.309. The highest BCUT2D eigenvalue weighted by Crippen LogP contribution is 2.29. The van der Waals surface area contributed by atoms with Crippen molar-refractivity contribution >= 4 is 39.1 Å². The minimum absolute atomic E-state index is 0.0733. The number of nitrogens with zero attached hydrogens (tertiary/aromatic N) is 2. The second-order valence-corrected chi connectivity index (χ2v) is 12.6. The third-order valence-corrected chi connectivity index (χ3v) is 8.98. The zero-order valence-electron chi connectivity index (χ0n) is 23.9. The first-order chi connectivity index (χ1) is 18.8. The molecule has 7 nitrogen and oxygen atoms in total. The average molecular weight is 584 g/mol. The van der Waals surface area contributed by atoms with E-state index in [-0.39, 0.29) is 23.4 Å². The summed E-state index contributed by atoms with van der Waals surface area (Å²) in [6, 6.07) is 18.1. The molecule has 0 fully saturated rings. The zero-order valence-corrected chi connectivity index (χ0v) is 25.5. The van der Waals surface area contributed by atoms with E-state index in [1.165, 1.54) is 4.90 Å². The van der Waals surface area contributed by atoms with Gasteiger partial charge in [-0.25, -0.2) is 8.42 Å². The van der Waals surface area contributed by atoms with Crippen molar-refractivity contribution in [2.45, 2.75) is 71.5 Å². The van der Waals surface area contributed by atoms with E-state index in [4.69, 9.17) is 11.6 Å². The molecule has 3 aromatic rings. The molecule has 0 spiro atoms. The van der Waals surface area contributed by atoms with E-state index in [2.05, 4.69) is 5.32 Å². The van der Waals surface area contributed by atoms with Crippen molar-refractivity contribution in [3.63, 3.8) is 0 Å². The van der Waals surface area contributed by atoms with Gasteiger partial charge in [0.15, 0.2) is 0 Å². The van der Waals surface area contributed by atoms with Gasteiger partial charge in [-0.1, -0.05) is 60.5 Å². The van der Waals surface area contributed by atoms with E-state index in [1.54, 1.807) is 61.5 Å². The Morgan fingerprint density at radius 1 is 0.900 bits per heavy atom. The first-order valence-corrected chi connectivity index (χ1v) is 15.2. The third kappa shape index (κ3) is 7.64. The van der Waals surface area contributed by atoms with Gasteiger partial charge in [-0.15, -0.1) is 0 Å². The standard InChI is InChI=1S/C31H38ClN3O4S/c1-7-24(5)33-31(37)25(6)34(19-26-12-14-27(32)15-13-26)30(36)20-35(29-18-22(3)8-11-23(29)4)40(38,39)28-16-9-21(2)10-17-28/h8-18,24-25H,7,19-20H2,1-6H3,(H,33,37)/t24-,25-/m0/s1. The van der Waals surface area contributed by atoms with Gasteiger partial charge in [-0.2, -0.15) is 0 Å². The summed E-state index contributed by atoms with van der Waals surface area (Å²) in [4.78, 5) is 28.7. The fourth-order valence-corrected chi connectivity index (χ4v) is 5.77. The van der Waals surface area contributed by atoms with Crippen LogP contribution in [0.4, 0.5) is 5.69 Å². The largest absolute Gasteiger partial charge is 0.352 e. The van der Waals surface area contributed by atoms with Crippen molar-refractivity contribution in [1.29, 1.82) is 0 Å². The molecule has 0 aromatic heterocycles. The van der Waals surface area contributed by atoms with E-state index in [9.17, 15) is 18.0 Å². The molecule has 2 atom stereocenters. The van der Waals surface area contributed by atoms with Crippen LogP contribution in [-0.2, 0) is 26.2 Å². The lowest BCUT2D eigenvalue weighted by Crippen LogP contribution is -2.52. The predicted molar refractivity (Wildman–Crippen MR) is 161 cm³/mol. The van der Waals surface area contributed by atoms with Crippen LogP contribution in [0.25, 0.3) is 0 Å². The smallest absolute Gasteiger partial charge is 0.264 e. The van der Waals surface area contributed by atoms with E-state index in [0.717, 1.165) is 27.4 Å². The highest BCUT2D eigenvalue weighted by Gasteiger charge is 2.33. The maximum Gasteiger partial charge on any atom is 0.264 e. The molecule has 0 bridgehead atoms. The van der Waals surface area contributed by atoms with Crippen LogP contribution < -0.4 is 9.62 Å². The van der Waals surface area contributed by atoms with Crippen LogP contribution in [0.15, 0.2) is 71.6 Å². The lowest BCUT2D eigenvalue weighted by molar-refractivity contribution is -0.139. The summed E-state index contributed by atoms with van der Waals surface area (Å²) in [5.41, 5.74) is 3.67. The Bertz CT molecular complexity index is 1440. The second-order valence-electron chi connectivity index (χ2n) is 10.3. The van der Waals surface area contributed by atoms with Gasteiger partial charge in [0.25, 0.3) is 10.0 Å². The summed E-state index contributed by atoms with van der Waals surface area (Å²) in [6.45, 7) is 10.7. The van der Waals surface area contributed by atoms with Crippen molar-refractivity contribution < 1.29 is 18.0 Å². The first kappa shape index (κ1) is 31.2. The van der Waals surface area contributed by atoms with Crippen LogP contribution >= 0.6 is 11.6 Å². The Morgan fingerprint density at radius 3 is 2.10 bits per heavy atom. The Kier molecular flexibility index (Phi) is 10.4. The number of aryl methyl sites for hydroxylation is 3. The van der Waals surface area contributed by atoms with Gasteiger partial charge >= 0.3 is 0 Å². The maximum absolute atomic E-state index is 14.0. The van der Waals surface area contributed by atoms with Crippen LogP contribution in [0.1, 0.15) is 49.4 Å². The van der Waals surface area contributed by atoms with Crippen LogP contribution in [-0.4, -0.2) is 43.8 Å². The van der Waals surface area contributed by atoms with Gasteiger partial charge in [-0.05, 0) is 88.1 Å². The number of carbonyl (C=O) groups is 2. The third-order valence-electron chi connectivity index (χ3n) is 6.96. The van der Waals surface area contributed by atoms with Crippen LogP contribution in [0.2, 0.25) is 5.02 Å². The maximum atomic E-state index is 14.0. The van der Waals surface area contributed by atoms with Crippen LogP contribution in [0, 0.1) is 20.8 Å². The molecule has 3 rings (SSSR count). The van der Waals surface area contributed by atoms with Gasteiger partial charge in [0, 0.05) is 17.6 Å². The number of carbonyl (C=O) groups excluding carboxylic acids is 2. The molecule has 40 heavy (non-hydrogen) atoms. The minimum Gasteiger partial charge on any atom is -0.352 e. The molecule has 0 saturated carbocycles. The number of sulfonamides is 1. The first-order valence-electron chi connectivity index (χ1n) is 13.3. The highest BCUT2D eigenvalue weighted by atomic mass is 35.5. The monoisotopic (exact) mass is 583 g/mol. The molecular formula is C31H38ClN3O4S. The molecule has 9 heteroatoms. The number of rotatable bonds is 11. The fraction of sp³-hybridized carbons (Fsp3) is 0.355. The molecule has 0 heterocycles. The van der Waals surface area contributed by atoms with Crippen molar-refractivity contribution in [2.24, 2.45) is 0 Å². The van der Waals surface area contributed by atoms with E-state index >= 15 is 0 Å². The van der Waals surface area contributed by atoms with Gasteiger partial charge in [0.05, 0.1) is 10.6 Å². The van der Waals surface area contributed by atoms with E-state index < -0.39 is 28.5 Å². The number of halogens is 1. The number of hydrogen-bond donors (Lipinski definition) is 1. The molecule has 3 aromatic carbocycles. The van der Waals surface area contributed by atoms with E-state index in [0.29, 0.717) is 16.3 Å². The van der Waals surface area contributed by atoms with Gasteiger partial charge in [-0.3, -0.25) is 13.9 Å². The summed E-state index contributed by atoms with van der Waals surface area (Å²) < 4.78 is 29.2. The topological polar surface area (TPSA) is 86.8 Å². The van der Waals surface area contributed by atoms with E-state index in [1.807, 2.05) is 46.8 Å². The molecule has 1 N–H and O–H groups in total. The van der Waals surface area contributed by atoms with Crippen LogP contribution in [0.5, 0.6) is 0 Å². The summed E-state index contributed by atoms with van der Waals surface area (Å²) in [5, 5.41) is 3.49.